The Bertz CT molecular complexity index is 521. The lowest BCUT2D eigenvalue weighted by Gasteiger charge is -2.11. The molecule has 1 saturated heterocycles. The van der Waals surface area contributed by atoms with Gasteiger partial charge in [-0.1, -0.05) is 12.1 Å². The fourth-order valence-corrected chi connectivity index (χ4v) is 2.42. The van der Waals surface area contributed by atoms with Crippen molar-refractivity contribution >= 4 is 10.9 Å². The molecule has 0 amide bonds. The number of benzene rings is 1. The summed E-state index contributed by atoms with van der Waals surface area (Å²) in [5.41, 5.74) is 2.36. The van der Waals surface area contributed by atoms with Gasteiger partial charge in [0.1, 0.15) is 0 Å². The van der Waals surface area contributed by atoms with Crippen molar-refractivity contribution in [3.63, 3.8) is 0 Å². The first kappa shape index (κ1) is 11.6. The van der Waals surface area contributed by atoms with E-state index in [1.807, 2.05) is 12.3 Å². The molecule has 1 atom stereocenters. The summed E-state index contributed by atoms with van der Waals surface area (Å²) in [5.74, 6) is 0. The molecule has 1 aliphatic rings. The number of aromatic nitrogens is 1. The monoisotopic (exact) mass is 242 g/mol. The summed E-state index contributed by atoms with van der Waals surface area (Å²) in [6.07, 6.45) is 4.63. The first-order valence-electron chi connectivity index (χ1n) is 6.58. The molecule has 2 aromatic rings. The van der Waals surface area contributed by atoms with Crippen molar-refractivity contribution in [3.8, 4) is 0 Å². The lowest BCUT2D eigenvalue weighted by atomic mass is 10.1. The second kappa shape index (κ2) is 5.46. The summed E-state index contributed by atoms with van der Waals surface area (Å²) in [4.78, 5) is 4.33. The molecule has 0 bridgehead atoms. The van der Waals surface area contributed by atoms with Crippen LogP contribution in [0, 0.1) is 0 Å². The average Bonchev–Trinajstić information content (AvgIpc) is 2.92. The zero-order valence-corrected chi connectivity index (χ0v) is 10.4. The van der Waals surface area contributed by atoms with Gasteiger partial charge in [-0.05, 0) is 36.6 Å². The number of nitrogens with one attached hydrogen (secondary N) is 1. The van der Waals surface area contributed by atoms with Crippen LogP contribution in [-0.4, -0.2) is 24.2 Å². The first-order valence-corrected chi connectivity index (χ1v) is 6.58. The van der Waals surface area contributed by atoms with Gasteiger partial charge in [0.15, 0.2) is 0 Å². The molecule has 0 saturated carbocycles. The van der Waals surface area contributed by atoms with Crippen LogP contribution in [0.25, 0.3) is 10.9 Å². The molecule has 1 fully saturated rings. The highest BCUT2D eigenvalue weighted by atomic mass is 16.5. The fraction of sp³-hybridized carbons (Fsp3) is 0.400. The van der Waals surface area contributed by atoms with E-state index in [4.69, 9.17) is 4.74 Å². The summed E-state index contributed by atoms with van der Waals surface area (Å²) >= 11 is 0. The van der Waals surface area contributed by atoms with E-state index in [1.165, 1.54) is 23.8 Å². The van der Waals surface area contributed by atoms with Crippen molar-refractivity contribution in [2.45, 2.75) is 25.5 Å². The van der Waals surface area contributed by atoms with Crippen molar-refractivity contribution in [3.05, 3.63) is 42.1 Å². The van der Waals surface area contributed by atoms with Crippen LogP contribution in [0.15, 0.2) is 36.5 Å². The van der Waals surface area contributed by atoms with Crippen LogP contribution in [0.3, 0.4) is 0 Å². The topological polar surface area (TPSA) is 34.2 Å². The van der Waals surface area contributed by atoms with Crippen LogP contribution >= 0.6 is 0 Å². The van der Waals surface area contributed by atoms with Gasteiger partial charge in [-0.2, -0.15) is 0 Å². The maximum Gasteiger partial charge on any atom is 0.0702 e. The van der Waals surface area contributed by atoms with Crippen molar-refractivity contribution in [1.82, 2.24) is 10.3 Å². The number of ether oxygens (including phenoxy) is 1. The Balaban J connectivity index is 1.60. The van der Waals surface area contributed by atoms with E-state index in [9.17, 15) is 0 Å². The molecule has 3 heteroatoms. The maximum atomic E-state index is 5.59. The summed E-state index contributed by atoms with van der Waals surface area (Å²) in [6.45, 7) is 2.77. The highest BCUT2D eigenvalue weighted by molar-refractivity contribution is 5.78. The van der Waals surface area contributed by atoms with E-state index in [0.717, 1.165) is 25.2 Å². The Labute approximate surface area is 107 Å². The Kier molecular flexibility index (Phi) is 3.53. The Hall–Kier alpha value is -1.45. The predicted octanol–water partition coefficient (Wildman–Crippen LogP) is 2.50. The van der Waals surface area contributed by atoms with Crippen LogP contribution in [0.1, 0.15) is 18.4 Å². The van der Waals surface area contributed by atoms with Crippen molar-refractivity contribution in [2.75, 3.05) is 13.2 Å². The van der Waals surface area contributed by atoms with Crippen molar-refractivity contribution < 1.29 is 4.74 Å². The van der Waals surface area contributed by atoms with Gasteiger partial charge in [0.05, 0.1) is 11.6 Å². The third kappa shape index (κ3) is 2.68. The van der Waals surface area contributed by atoms with E-state index < -0.39 is 0 Å². The number of hydrogen-bond donors (Lipinski definition) is 1. The van der Waals surface area contributed by atoms with E-state index in [0.29, 0.717) is 6.10 Å². The summed E-state index contributed by atoms with van der Waals surface area (Å²) in [5, 5.41) is 4.67. The molecule has 3 rings (SSSR count). The minimum Gasteiger partial charge on any atom is -0.377 e. The van der Waals surface area contributed by atoms with Gasteiger partial charge in [0.25, 0.3) is 0 Å². The summed E-state index contributed by atoms with van der Waals surface area (Å²) < 4.78 is 5.59. The van der Waals surface area contributed by atoms with E-state index in [-0.39, 0.29) is 0 Å². The third-order valence-corrected chi connectivity index (χ3v) is 3.39. The van der Waals surface area contributed by atoms with Gasteiger partial charge in [0, 0.05) is 31.3 Å². The van der Waals surface area contributed by atoms with Gasteiger partial charge in [-0.3, -0.25) is 4.98 Å². The standard InChI is InChI=1S/C15H18N2O/c1-3-13-9-12(5-6-15(13)17-7-1)10-16-11-14-4-2-8-18-14/h1,3,5-7,9,14,16H,2,4,8,10-11H2. The van der Waals surface area contributed by atoms with Gasteiger partial charge in [0.2, 0.25) is 0 Å². The van der Waals surface area contributed by atoms with Crippen LogP contribution in [0.4, 0.5) is 0 Å². The maximum absolute atomic E-state index is 5.59. The van der Waals surface area contributed by atoms with E-state index in [2.05, 4.69) is 34.6 Å². The number of hydrogen-bond acceptors (Lipinski definition) is 3. The normalized spacial score (nSPS) is 19.4. The van der Waals surface area contributed by atoms with Crippen LogP contribution in [0.5, 0.6) is 0 Å². The predicted molar refractivity (Wildman–Crippen MR) is 72.4 cm³/mol. The van der Waals surface area contributed by atoms with E-state index in [1.54, 1.807) is 0 Å². The molecule has 3 nitrogen and oxygen atoms in total. The SMILES string of the molecule is c1cnc2ccc(CNCC3CCCO3)cc2c1. The summed E-state index contributed by atoms with van der Waals surface area (Å²) in [7, 11) is 0. The molecule has 2 heterocycles. The quantitative estimate of drug-likeness (QED) is 0.894. The molecule has 1 unspecified atom stereocenters. The first-order chi connectivity index (χ1) is 8.92. The zero-order chi connectivity index (χ0) is 12.2. The number of pyridine rings is 1. The molecule has 1 aromatic heterocycles. The lowest BCUT2D eigenvalue weighted by molar-refractivity contribution is 0.110. The lowest BCUT2D eigenvalue weighted by Crippen LogP contribution is -2.25. The second-order valence-corrected chi connectivity index (χ2v) is 4.80. The van der Waals surface area contributed by atoms with Gasteiger partial charge in [-0.25, -0.2) is 0 Å². The molecule has 1 aromatic carbocycles. The molecule has 0 radical (unpaired) electrons. The Morgan fingerprint density at radius 3 is 3.22 bits per heavy atom. The zero-order valence-electron chi connectivity index (χ0n) is 10.4. The second-order valence-electron chi connectivity index (χ2n) is 4.80. The van der Waals surface area contributed by atoms with Gasteiger partial charge >= 0.3 is 0 Å². The highest BCUT2D eigenvalue weighted by Crippen LogP contribution is 2.14. The summed E-state index contributed by atoms with van der Waals surface area (Å²) in [6, 6.07) is 10.5. The number of rotatable bonds is 4. The third-order valence-electron chi connectivity index (χ3n) is 3.39. The number of nitrogens with zero attached hydrogens (tertiary/aromatic N) is 1. The molecular weight excluding hydrogens is 224 g/mol. The minimum absolute atomic E-state index is 0.409. The molecule has 0 spiro atoms. The fourth-order valence-electron chi connectivity index (χ4n) is 2.42. The van der Waals surface area contributed by atoms with Gasteiger partial charge < -0.3 is 10.1 Å². The molecular formula is C15H18N2O. The van der Waals surface area contributed by atoms with Gasteiger partial charge in [-0.15, -0.1) is 0 Å². The van der Waals surface area contributed by atoms with Crippen LogP contribution in [-0.2, 0) is 11.3 Å². The highest BCUT2D eigenvalue weighted by Gasteiger charge is 2.14. The Morgan fingerprint density at radius 2 is 2.33 bits per heavy atom. The van der Waals surface area contributed by atoms with Crippen LogP contribution in [0.2, 0.25) is 0 Å². The molecule has 1 N–H and O–H groups in total. The molecule has 0 aliphatic carbocycles. The minimum atomic E-state index is 0.409. The average molecular weight is 242 g/mol. The van der Waals surface area contributed by atoms with Crippen molar-refractivity contribution in [1.29, 1.82) is 0 Å². The molecule has 1 aliphatic heterocycles. The molecule has 94 valence electrons. The Morgan fingerprint density at radius 1 is 1.33 bits per heavy atom. The number of fused-ring (bicyclic) bond motifs is 1. The van der Waals surface area contributed by atoms with Crippen LogP contribution < -0.4 is 5.32 Å². The smallest absolute Gasteiger partial charge is 0.0702 e. The largest absolute Gasteiger partial charge is 0.377 e. The molecule has 18 heavy (non-hydrogen) atoms. The van der Waals surface area contributed by atoms with E-state index >= 15 is 0 Å². The van der Waals surface area contributed by atoms with Crippen molar-refractivity contribution in [2.24, 2.45) is 0 Å².